The van der Waals surface area contributed by atoms with Gasteiger partial charge in [0.2, 0.25) is 5.91 Å². The van der Waals surface area contributed by atoms with Crippen molar-refractivity contribution in [2.24, 2.45) is 0 Å². The molecule has 0 radical (unpaired) electrons. The van der Waals surface area contributed by atoms with E-state index in [9.17, 15) is 9.59 Å². The summed E-state index contributed by atoms with van der Waals surface area (Å²) in [6, 6.07) is 22.7. The Hall–Kier alpha value is -4.11. The van der Waals surface area contributed by atoms with E-state index in [2.05, 4.69) is 20.8 Å². The highest BCUT2D eigenvalue weighted by Gasteiger charge is 2.16. The van der Waals surface area contributed by atoms with Gasteiger partial charge in [0.05, 0.1) is 26.0 Å². The third kappa shape index (κ3) is 6.98. The van der Waals surface area contributed by atoms with Crippen LogP contribution in [-0.2, 0) is 17.9 Å². The Balaban J connectivity index is 1.45. The van der Waals surface area contributed by atoms with Gasteiger partial charge in [-0.3, -0.25) is 9.59 Å². The molecule has 3 aromatic carbocycles. The van der Waals surface area contributed by atoms with Crippen molar-refractivity contribution in [3.63, 3.8) is 0 Å². The lowest BCUT2D eigenvalue weighted by atomic mass is 10.1. The monoisotopic (exact) mass is 515 g/mol. The van der Waals surface area contributed by atoms with Crippen molar-refractivity contribution in [2.45, 2.75) is 32.1 Å². The normalized spacial score (nSPS) is 10.7. The number of ether oxygens (including phenoxy) is 1. The van der Waals surface area contributed by atoms with E-state index in [4.69, 9.17) is 4.74 Å². The number of methoxy groups -OCH3 is 1. The molecule has 1 heterocycles. The van der Waals surface area contributed by atoms with Gasteiger partial charge in [-0.05, 0) is 55.3 Å². The Morgan fingerprint density at radius 1 is 0.973 bits per heavy atom. The molecule has 4 rings (SSSR count). The summed E-state index contributed by atoms with van der Waals surface area (Å²) in [5.41, 5.74) is 4.54. The molecule has 2 amide bonds. The molecule has 9 heteroatoms. The number of nitrogens with zero attached hydrogens (tertiary/aromatic N) is 3. The Labute approximate surface area is 220 Å². The van der Waals surface area contributed by atoms with Gasteiger partial charge in [-0.25, -0.2) is 0 Å². The van der Waals surface area contributed by atoms with Crippen molar-refractivity contribution in [2.75, 3.05) is 18.2 Å². The van der Waals surface area contributed by atoms with Gasteiger partial charge < -0.3 is 19.9 Å². The van der Waals surface area contributed by atoms with Gasteiger partial charge in [0.15, 0.2) is 11.0 Å². The number of aromatic nitrogens is 3. The first-order valence-corrected chi connectivity index (χ1v) is 12.8. The Morgan fingerprint density at radius 2 is 1.73 bits per heavy atom. The molecule has 4 aromatic rings. The number of carbonyl (C=O) groups is 2. The molecule has 0 aliphatic heterocycles. The van der Waals surface area contributed by atoms with E-state index < -0.39 is 0 Å². The maximum atomic E-state index is 12.7. The standard InChI is InChI=1S/C28H29N5O3S/c1-19-9-14-24(20(2)15-19)30-26(34)18-37-28-32-31-25(33(28)17-21-7-5-4-6-8-21)16-29-27(35)22-10-12-23(36-3)13-11-22/h4-15H,16-18H2,1-3H3,(H,29,35)(H,30,34). The van der Waals surface area contributed by atoms with Gasteiger partial charge in [-0.15, -0.1) is 10.2 Å². The third-order valence-corrected chi connectivity index (χ3v) is 6.69. The van der Waals surface area contributed by atoms with Gasteiger partial charge in [0, 0.05) is 11.3 Å². The van der Waals surface area contributed by atoms with E-state index in [1.54, 1.807) is 31.4 Å². The number of nitrogens with one attached hydrogen (secondary N) is 2. The molecule has 0 unspecified atom stereocenters. The van der Waals surface area contributed by atoms with Crippen LogP contribution in [0.5, 0.6) is 5.75 Å². The van der Waals surface area contributed by atoms with E-state index in [1.807, 2.05) is 66.9 Å². The summed E-state index contributed by atoms with van der Waals surface area (Å²) in [6.07, 6.45) is 0. The molecule has 0 saturated carbocycles. The average molecular weight is 516 g/mol. The van der Waals surface area contributed by atoms with E-state index in [1.165, 1.54) is 11.8 Å². The van der Waals surface area contributed by atoms with Gasteiger partial charge in [0.25, 0.3) is 5.91 Å². The van der Waals surface area contributed by atoms with Crippen molar-refractivity contribution in [1.82, 2.24) is 20.1 Å². The number of thioether (sulfide) groups is 1. The molecule has 8 nitrogen and oxygen atoms in total. The molecule has 0 fully saturated rings. The largest absolute Gasteiger partial charge is 0.497 e. The van der Waals surface area contributed by atoms with Crippen molar-refractivity contribution < 1.29 is 14.3 Å². The fourth-order valence-electron chi connectivity index (χ4n) is 3.76. The zero-order valence-corrected chi connectivity index (χ0v) is 21.8. The van der Waals surface area contributed by atoms with Crippen molar-refractivity contribution in [3.05, 3.63) is 101 Å². The summed E-state index contributed by atoms with van der Waals surface area (Å²) >= 11 is 1.31. The van der Waals surface area contributed by atoms with Gasteiger partial charge in [-0.2, -0.15) is 0 Å². The Morgan fingerprint density at radius 3 is 2.43 bits per heavy atom. The van der Waals surface area contributed by atoms with Crippen molar-refractivity contribution >= 4 is 29.3 Å². The number of anilines is 1. The van der Waals surface area contributed by atoms with Crippen LogP contribution in [0.15, 0.2) is 78.0 Å². The highest BCUT2D eigenvalue weighted by Crippen LogP contribution is 2.21. The minimum Gasteiger partial charge on any atom is -0.497 e. The molecule has 0 spiro atoms. The zero-order valence-electron chi connectivity index (χ0n) is 21.0. The highest BCUT2D eigenvalue weighted by atomic mass is 32.2. The van der Waals surface area contributed by atoms with Crippen LogP contribution in [0, 0.1) is 13.8 Å². The highest BCUT2D eigenvalue weighted by molar-refractivity contribution is 7.99. The number of carbonyl (C=O) groups excluding carboxylic acids is 2. The van der Waals surface area contributed by atoms with E-state index in [0.29, 0.717) is 28.8 Å². The summed E-state index contributed by atoms with van der Waals surface area (Å²) in [6.45, 7) is 4.70. The molecule has 37 heavy (non-hydrogen) atoms. The third-order valence-electron chi connectivity index (χ3n) is 5.72. The summed E-state index contributed by atoms with van der Waals surface area (Å²) < 4.78 is 7.08. The fourth-order valence-corrected chi connectivity index (χ4v) is 4.51. The number of benzene rings is 3. The molecular formula is C28H29N5O3S. The Bertz CT molecular complexity index is 1370. The van der Waals surface area contributed by atoms with Crippen molar-refractivity contribution in [1.29, 1.82) is 0 Å². The zero-order chi connectivity index (χ0) is 26.2. The van der Waals surface area contributed by atoms with Crippen LogP contribution >= 0.6 is 11.8 Å². The van der Waals surface area contributed by atoms with Crippen molar-refractivity contribution in [3.8, 4) is 5.75 Å². The number of amides is 2. The van der Waals surface area contributed by atoms with Crippen LogP contribution in [0.2, 0.25) is 0 Å². The van der Waals surface area contributed by atoms with E-state index in [0.717, 1.165) is 22.4 Å². The van der Waals surface area contributed by atoms with E-state index in [-0.39, 0.29) is 24.1 Å². The van der Waals surface area contributed by atoms with Crippen LogP contribution in [-0.4, -0.2) is 39.4 Å². The molecule has 1 aromatic heterocycles. The van der Waals surface area contributed by atoms with Crippen LogP contribution < -0.4 is 15.4 Å². The number of hydrogen-bond acceptors (Lipinski definition) is 6. The lowest BCUT2D eigenvalue weighted by Crippen LogP contribution is -2.25. The molecule has 190 valence electrons. The molecule has 0 bridgehead atoms. The van der Waals surface area contributed by atoms with Crippen LogP contribution in [0.4, 0.5) is 5.69 Å². The molecular weight excluding hydrogens is 486 g/mol. The van der Waals surface area contributed by atoms with Gasteiger partial charge >= 0.3 is 0 Å². The van der Waals surface area contributed by atoms with Crippen LogP contribution in [0.1, 0.15) is 32.9 Å². The maximum Gasteiger partial charge on any atom is 0.251 e. The SMILES string of the molecule is COc1ccc(C(=O)NCc2nnc(SCC(=O)Nc3ccc(C)cc3C)n2Cc2ccccc2)cc1. The smallest absolute Gasteiger partial charge is 0.251 e. The topological polar surface area (TPSA) is 98.1 Å². The predicted molar refractivity (Wildman–Crippen MR) is 145 cm³/mol. The second-order valence-corrected chi connectivity index (χ2v) is 9.48. The molecule has 0 aliphatic carbocycles. The predicted octanol–water partition coefficient (Wildman–Crippen LogP) is 4.61. The minimum atomic E-state index is -0.223. The first-order valence-electron chi connectivity index (χ1n) is 11.8. The second kappa shape index (κ2) is 12.2. The average Bonchev–Trinajstić information content (AvgIpc) is 3.29. The van der Waals surface area contributed by atoms with Gasteiger partial charge in [0.1, 0.15) is 5.75 Å². The van der Waals surface area contributed by atoms with E-state index >= 15 is 0 Å². The maximum absolute atomic E-state index is 12.7. The quantitative estimate of drug-likeness (QED) is 0.299. The van der Waals surface area contributed by atoms with Crippen LogP contribution in [0.3, 0.4) is 0 Å². The molecule has 0 atom stereocenters. The number of rotatable bonds is 10. The lowest BCUT2D eigenvalue weighted by molar-refractivity contribution is -0.113. The summed E-state index contributed by atoms with van der Waals surface area (Å²) in [5.74, 6) is 1.11. The first kappa shape index (κ1) is 26.0. The minimum absolute atomic E-state index is 0.124. The second-order valence-electron chi connectivity index (χ2n) is 8.54. The Kier molecular flexibility index (Phi) is 8.58. The number of aryl methyl sites for hydroxylation is 2. The fraction of sp³-hybridized carbons (Fsp3) is 0.214. The first-order chi connectivity index (χ1) is 17.9. The molecule has 0 aliphatic rings. The lowest BCUT2D eigenvalue weighted by Gasteiger charge is -2.12. The summed E-state index contributed by atoms with van der Waals surface area (Å²) in [5, 5.41) is 15.1. The summed E-state index contributed by atoms with van der Waals surface area (Å²) in [4.78, 5) is 25.3. The van der Waals surface area contributed by atoms with Crippen LogP contribution in [0.25, 0.3) is 0 Å². The molecule has 2 N–H and O–H groups in total. The molecule has 0 saturated heterocycles. The summed E-state index contributed by atoms with van der Waals surface area (Å²) in [7, 11) is 1.58. The van der Waals surface area contributed by atoms with Gasteiger partial charge in [-0.1, -0.05) is 59.8 Å². The number of hydrogen-bond donors (Lipinski definition) is 2.